The molecule has 1 saturated carbocycles. The highest BCUT2D eigenvalue weighted by Gasteiger charge is 2.48. The van der Waals surface area contributed by atoms with Crippen LogP contribution in [0.25, 0.3) is 0 Å². The van der Waals surface area contributed by atoms with Crippen molar-refractivity contribution >= 4 is 0 Å². The first-order valence-corrected chi connectivity index (χ1v) is 6.61. The maximum absolute atomic E-state index is 5.88. The fraction of sp³-hybridized carbons (Fsp3) is 0.600. The van der Waals surface area contributed by atoms with Crippen LogP contribution >= 0.6 is 0 Å². The Morgan fingerprint density at radius 3 is 2.56 bits per heavy atom. The lowest BCUT2D eigenvalue weighted by atomic mass is 9.64. The van der Waals surface area contributed by atoms with Crippen molar-refractivity contribution in [3.05, 3.63) is 30.3 Å². The van der Waals surface area contributed by atoms with Crippen molar-refractivity contribution in [1.82, 2.24) is 5.32 Å². The summed E-state index contributed by atoms with van der Waals surface area (Å²) in [5, 5.41) is 3.33. The number of benzene rings is 1. The quantitative estimate of drug-likeness (QED) is 0.786. The van der Waals surface area contributed by atoms with Gasteiger partial charge < -0.3 is 14.8 Å². The Labute approximate surface area is 109 Å². The van der Waals surface area contributed by atoms with Gasteiger partial charge in [0.2, 0.25) is 0 Å². The van der Waals surface area contributed by atoms with E-state index in [4.69, 9.17) is 9.47 Å². The van der Waals surface area contributed by atoms with Gasteiger partial charge in [0.25, 0.3) is 0 Å². The van der Waals surface area contributed by atoms with Crippen LogP contribution in [0, 0.1) is 5.41 Å². The molecular weight excluding hydrogens is 226 g/mol. The second kappa shape index (κ2) is 5.72. The second-order valence-corrected chi connectivity index (χ2v) is 5.42. The smallest absolute Gasteiger partial charge is 0.119 e. The van der Waals surface area contributed by atoms with Crippen LogP contribution in [0.5, 0.6) is 5.75 Å². The summed E-state index contributed by atoms with van der Waals surface area (Å²) in [4.78, 5) is 0. The lowest BCUT2D eigenvalue weighted by Crippen LogP contribution is -2.60. The summed E-state index contributed by atoms with van der Waals surface area (Å²) in [5.74, 6) is 0.905. The minimum atomic E-state index is 0.224. The van der Waals surface area contributed by atoms with Crippen LogP contribution in [0.2, 0.25) is 0 Å². The van der Waals surface area contributed by atoms with E-state index in [0.717, 1.165) is 12.2 Å². The number of para-hydroxylation sites is 1. The molecule has 0 saturated heterocycles. The first kappa shape index (κ1) is 13.4. The molecule has 0 aliphatic heterocycles. The molecule has 1 fully saturated rings. The van der Waals surface area contributed by atoms with Crippen molar-refractivity contribution in [3.8, 4) is 5.75 Å². The Kier molecular flexibility index (Phi) is 4.25. The molecule has 0 spiro atoms. The lowest BCUT2D eigenvalue weighted by molar-refractivity contribution is -0.120. The lowest BCUT2D eigenvalue weighted by Gasteiger charge is -2.51. The number of rotatable bonds is 6. The third-order valence-electron chi connectivity index (χ3n) is 3.94. The number of ether oxygens (including phenoxy) is 2. The molecule has 1 aliphatic carbocycles. The van der Waals surface area contributed by atoms with Crippen molar-refractivity contribution < 1.29 is 9.47 Å². The van der Waals surface area contributed by atoms with Crippen LogP contribution in [-0.4, -0.2) is 32.4 Å². The zero-order chi connectivity index (χ0) is 13.0. The standard InChI is InChI=1S/C15H23NO2/c1-15(2)13(16-3)11-14(15)18-10-9-17-12-7-5-4-6-8-12/h4-8,13-14,16H,9-11H2,1-3H3. The van der Waals surface area contributed by atoms with Crippen molar-refractivity contribution in [3.63, 3.8) is 0 Å². The Morgan fingerprint density at radius 2 is 1.94 bits per heavy atom. The molecule has 1 aromatic rings. The molecule has 1 aromatic carbocycles. The summed E-state index contributed by atoms with van der Waals surface area (Å²) in [5.41, 5.74) is 0.224. The molecule has 2 unspecified atom stereocenters. The van der Waals surface area contributed by atoms with E-state index in [1.807, 2.05) is 37.4 Å². The molecule has 3 nitrogen and oxygen atoms in total. The Bertz CT molecular complexity index is 364. The van der Waals surface area contributed by atoms with Gasteiger partial charge in [0.1, 0.15) is 12.4 Å². The van der Waals surface area contributed by atoms with Gasteiger partial charge in [-0.2, -0.15) is 0 Å². The monoisotopic (exact) mass is 249 g/mol. The molecule has 3 heteroatoms. The third kappa shape index (κ3) is 2.85. The molecular formula is C15H23NO2. The predicted octanol–water partition coefficient (Wildman–Crippen LogP) is 2.47. The van der Waals surface area contributed by atoms with Gasteiger partial charge in [0.05, 0.1) is 12.7 Å². The van der Waals surface area contributed by atoms with Crippen molar-refractivity contribution in [2.75, 3.05) is 20.3 Å². The molecule has 0 aromatic heterocycles. The molecule has 1 aliphatic rings. The number of hydrogen-bond donors (Lipinski definition) is 1. The van der Waals surface area contributed by atoms with Crippen LogP contribution < -0.4 is 10.1 Å². The fourth-order valence-corrected chi connectivity index (χ4v) is 2.52. The normalized spacial score (nSPS) is 25.5. The number of hydrogen-bond acceptors (Lipinski definition) is 3. The third-order valence-corrected chi connectivity index (χ3v) is 3.94. The Morgan fingerprint density at radius 1 is 1.22 bits per heavy atom. The highest BCUT2D eigenvalue weighted by Crippen LogP contribution is 2.42. The molecule has 0 radical (unpaired) electrons. The second-order valence-electron chi connectivity index (χ2n) is 5.42. The van der Waals surface area contributed by atoms with Gasteiger partial charge in [-0.1, -0.05) is 32.0 Å². The van der Waals surface area contributed by atoms with Crippen LogP contribution in [0.4, 0.5) is 0 Å². The van der Waals surface area contributed by atoms with E-state index < -0.39 is 0 Å². The van der Waals surface area contributed by atoms with Crippen LogP contribution in [0.3, 0.4) is 0 Å². The predicted molar refractivity (Wildman–Crippen MR) is 72.9 cm³/mol. The van der Waals surface area contributed by atoms with Crippen molar-refractivity contribution in [1.29, 1.82) is 0 Å². The van der Waals surface area contributed by atoms with Gasteiger partial charge in [-0.15, -0.1) is 0 Å². The first-order valence-electron chi connectivity index (χ1n) is 6.61. The van der Waals surface area contributed by atoms with Crippen LogP contribution in [-0.2, 0) is 4.74 Å². The summed E-state index contributed by atoms with van der Waals surface area (Å²) in [6.07, 6.45) is 1.43. The van der Waals surface area contributed by atoms with Gasteiger partial charge in [0.15, 0.2) is 0 Å². The minimum absolute atomic E-state index is 0.224. The van der Waals surface area contributed by atoms with Gasteiger partial charge in [0, 0.05) is 11.5 Å². The molecule has 0 bridgehead atoms. The average molecular weight is 249 g/mol. The van der Waals surface area contributed by atoms with Crippen LogP contribution in [0.1, 0.15) is 20.3 Å². The van der Waals surface area contributed by atoms with Gasteiger partial charge in [-0.3, -0.25) is 0 Å². The highest BCUT2D eigenvalue weighted by atomic mass is 16.5. The van der Waals surface area contributed by atoms with Gasteiger partial charge in [-0.05, 0) is 25.6 Å². The summed E-state index contributed by atoms with van der Waals surface area (Å²) in [6.45, 7) is 5.76. The van der Waals surface area contributed by atoms with Crippen LogP contribution in [0.15, 0.2) is 30.3 Å². The van der Waals surface area contributed by atoms with Gasteiger partial charge >= 0.3 is 0 Å². The van der Waals surface area contributed by atoms with Crippen molar-refractivity contribution in [2.45, 2.75) is 32.4 Å². The van der Waals surface area contributed by atoms with Gasteiger partial charge in [-0.25, -0.2) is 0 Å². The largest absolute Gasteiger partial charge is 0.491 e. The molecule has 0 amide bonds. The average Bonchev–Trinajstić information content (AvgIpc) is 2.38. The van der Waals surface area contributed by atoms with E-state index in [0.29, 0.717) is 25.4 Å². The topological polar surface area (TPSA) is 30.5 Å². The fourth-order valence-electron chi connectivity index (χ4n) is 2.52. The summed E-state index contributed by atoms with van der Waals surface area (Å²) in [7, 11) is 2.02. The maximum atomic E-state index is 5.88. The molecule has 0 heterocycles. The minimum Gasteiger partial charge on any atom is -0.491 e. The Hall–Kier alpha value is -1.06. The van der Waals surface area contributed by atoms with E-state index in [-0.39, 0.29) is 5.41 Å². The molecule has 1 N–H and O–H groups in total. The SMILES string of the molecule is CNC1CC(OCCOc2ccccc2)C1(C)C. The van der Waals surface area contributed by atoms with E-state index in [9.17, 15) is 0 Å². The summed E-state index contributed by atoms with van der Waals surface area (Å²) >= 11 is 0. The first-order chi connectivity index (χ1) is 8.64. The highest BCUT2D eigenvalue weighted by molar-refractivity contribution is 5.20. The molecule has 2 atom stereocenters. The number of nitrogens with one attached hydrogen (secondary N) is 1. The van der Waals surface area contributed by atoms with E-state index in [1.54, 1.807) is 0 Å². The maximum Gasteiger partial charge on any atom is 0.119 e. The zero-order valence-corrected chi connectivity index (χ0v) is 11.5. The summed E-state index contributed by atoms with van der Waals surface area (Å²) in [6, 6.07) is 10.4. The molecule has 100 valence electrons. The summed E-state index contributed by atoms with van der Waals surface area (Å²) < 4.78 is 11.5. The van der Waals surface area contributed by atoms with E-state index in [2.05, 4.69) is 19.2 Å². The Balaban J connectivity index is 1.65. The van der Waals surface area contributed by atoms with E-state index in [1.165, 1.54) is 0 Å². The molecule has 18 heavy (non-hydrogen) atoms. The molecule has 2 rings (SSSR count). The zero-order valence-electron chi connectivity index (χ0n) is 11.5. The van der Waals surface area contributed by atoms with E-state index >= 15 is 0 Å². The van der Waals surface area contributed by atoms with Crippen molar-refractivity contribution in [2.24, 2.45) is 5.41 Å².